The number of nitrogens with one attached hydrogen (secondary N) is 1. The molecule has 1 aromatic heterocycles. The van der Waals surface area contributed by atoms with Crippen LogP contribution >= 0.6 is 0 Å². The minimum atomic E-state index is -0.175. The van der Waals surface area contributed by atoms with E-state index < -0.39 is 0 Å². The predicted molar refractivity (Wildman–Crippen MR) is 106 cm³/mol. The van der Waals surface area contributed by atoms with E-state index in [2.05, 4.69) is 29.5 Å². The van der Waals surface area contributed by atoms with Crippen LogP contribution in [-0.2, 0) is 0 Å². The van der Waals surface area contributed by atoms with Crippen molar-refractivity contribution in [2.45, 2.75) is 39.7 Å². The molecule has 2 aromatic carbocycles. The Kier molecular flexibility index (Phi) is 5.54. The van der Waals surface area contributed by atoms with Gasteiger partial charge in [-0.2, -0.15) is 0 Å². The van der Waals surface area contributed by atoms with Gasteiger partial charge >= 0.3 is 0 Å². The van der Waals surface area contributed by atoms with Crippen LogP contribution in [0.15, 0.2) is 54.7 Å². The van der Waals surface area contributed by atoms with Crippen LogP contribution in [0.1, 0.15) is 49.7 Å². The maximum atomic E-state index is 12.5. The van der Waals surface area contributed by atoms with Crippen LogP contribution in [-0.4, -0.2) is 27.0 Å². The number of ether oxygens (including phenoxy) is 1. The zero-order chi connectivity index (χ0) is 19.4. The summed E-state index contributed by atoms with van der Waals surface area (Å²) in [4.78, 5) is 12.5. The lowest BCUT2D eigenvalue weighted by molar-refractivity contribution is 0.102. The molecule has 0 unspecified atom stereocenters. The molecule has 1 amide bonds. The van der Waals surface area contributed by atoms with E-state index in [9.17, 15) is 4.79 Å². The molecule has 1 heterocycles. The molecule has 0 spiro atoms. The molecule has 0 aliphatic heterocycles. The van der Waals surface area contributed by atoms with Crippen LogP contribution in [0, 0.1) is 0 Å². The molecule has 6 heteroatoms. The van der Waals surface area contributed by atoms with E-state index in [1.165, 1.54) is 0 Å². The summed E-state index contributed by atoms with van der Waals surface area (Å²) in [6, 6.07) is 14.7. The van der Waals surface area contributed by atoms with Crippen molar-refractivity contribution in [1.82, 2.24) is 15.0 Å². The van der Waals surface area contributed by atoms with Gasteiger partial charge < -0.3 is 10.1 Å². The Hall–Kier alpha value is -3.15. The van der Waals surface area contributed by atoms with Crippen LogP contribution < -0.4 is 10.1 Å². The van der Waals surface area contributed by atoms with Gasteiger partial charge in [-0.15, -0.1) is 5.10 Å². The third-order valence-electron chi connectivity index (χ3n) is 4.00. The summed E-state index contributed by atoms with van der Waals surface area (Å²) in [6.07, 6.45) is 1.86. The van der Waals surface area contributed by atoms with Gasteiger partial charge in [0, 0.05) is 11.3 Å². The number of carbonyl (C=O) groups is 1. The zero-order valence-corrected chi connectivity index (χ0v) is 16.0. The van der Waals surface area contributed by atoms with Crippen LogP contribution in [0.2, 0.25) is 0 Å². The van der Waals surface area contributed by atoms with E-state index >= 15 is 0 Å². The minimum absolute atomic E-state index is 0.0972. The van der Waals surface area contributed by atoms with Gasteiger partial charge in [-0.3, -0.25) is 4.79 Å². The van der Waals surface area contributed by atoms with E-state index in [4.69, 9.17) is 4.74 Å². The highest BCUT2D eigenvalue weighted by Crippen LogP contribution is 2.21. The molecule has 0 bridgehead atoms. The molecule has 1 N–H and O–H groups in total. The topological polar surface area (TPSA) is 69.0 Å². The number of amides is 1. The quantitative estimate of drug-likeness (QED) is 0.702. The van der Waals surface area contributed by atoms with Crippen molar-refractivity contribution < 1.29 is 9.53 Å². The summed E-state index contributed by atoms with van der Waals surface area (Å²) in [5.41, 5.74) is 3.14. The predicted octanol–water partition coefficient (Wildman–Crippen LogP) is 4.43. The van der Waals surface area contributed by atoms with Crippen LogP contribution in [0.4, 0.5) is 5.69 Å². The highest BCUT2D eigenvalue weighted by molar-refractivity contribution is 6.04. The summed E-state index contributed by atoms with van der Waals surface area (Å²) >= 11 is 0. The zero-order valence-electron chi connectivity index (χ0n) is 16.0. The SMILES string of the molecule is CC(C)Oc1ccc(C(=O)Nc2cccc(-n3nncc3C(C)C)c2)cc1. The number of hydrogen-bond donors (Lipinski definition) is 1. The molecule has 0 saturated heterocycles. The second-order valence-corrected chi connectivity index (χ2v) is 6.92. The molecule has 140 valence electrons. The average molecular weight is 364 g/mol. The fourth-order valence-corrected chi connectivity index (χ4v) is 2.71. The van der Waals surface area contributed by atoms with Crippen molar-refractivity contribution in [3.05, 3.63) is 66.0 Å². The smallest absolute Gasteiger partial charge is 0.255 e. The molecular formula is C21H24N4O2. The Morgan fingerprint density at radius 1 is 1.07 bits per heavy atom. The van der Waals surface area contributed by atoms with Gasteiger partial charge in [0.1, 0.15) is 5.75 Å². The number of benzene rings is 2. The van der Waals surface area contributed by atoms with Gasteiger partial charge in [-0.25, -0.2) is 4.68 Å². The fourth-order valence-electron chi connectivity index (χ4n) is 2.71. The first-order valence-corrected chi connectivity index (χ1v) is 9.03. The molecule has 0 atom stereocenters. The first-order valence-electron chi connectivity index (χ1n) is 9.03. The molecule has 27 heavy (non-hydrogen) atoms. The molecule has 0 aliphatic rings. The standard InChI is InChI=1S/C21H24N4O2/c1-14(2)20-13-22-24-25(20)18-7-5-6-17(12-18)23-21(26)16-8-10-19(11-9-16)27-15(3)4/h5-15H,1-4H3,(H,23,26). The van der Waals surface area contributed by atoms with E-state index in [1.54, 1.807) is 35.1 Å². The highest BCUT2D eigenvalue weighted by atomic mass is 16.5. The second-order valence-electron chi connectivity index (χ2n) is 6.92. The van der Waals surface area contributed by atoms with Crippen molar-refractivity contribution in [3.63, 3.8) is 0 Å². The summed E-state index contributed by atoms with van der Waals surface area (Å²) in [5.74, 6) is 0.867. The van der Waals surface area contributed by atoms with Gasteiger partial charge in [0.25, 0.3) is 5.91 Å². The summed E-state index contributed by atoms with van der Waals surface area (Å²) in [7, 11) is 0. The number of aromatic nitrogens is 3. The maximum Gasteiger partial charge on any atom is 0.255 e. The largest absolute Gasteiger partial charge is 0.491 e. The maximum absolute atomic E-state index is 12.5. The van der Waals surface area contributed by atoms with Crippen molar-refractivity contribution in [3.8, 4) is 11.4 Å². The van der Waals surface area contributed by atoms with Gasteiger partial charge in [0.2, 0.25) is 0 Å². The lowest BCUT2D eigenvalue weighted by atomic mass is 10.1. The van der Waals surface area contributed by atoms with E-state index in [1.807, 2.05) is 38.1 Å². The minimum Gasteiger partial charge on any atom is -0.491 e. The number of carbonyl (C=O) groups excluding carboxylic acids is 1. The van der Waals surface area contributed by atoms with Gasteiger partial charge in [0.15, 0.2) is 0 Å². The summed E-state index contributed by atoms with van der Waals surface area (Å²) in [6.45, 7) is 8.11. The molecule has 0 aliphatic carbocycles. The number of nitrogens with zero attached hydrogens (tertiary/aromatic N) is 3. The van der Waals surface area contributed by atoms with E-state index in [0.717, 1.165) is 17.1 Å². The molecule has 0 fully saturated rings. The van der Waals surface area contributed by atoms with Gasteiger partial charge in [-0.05, 0) is 62.2 Å². The first kappa shape index (κ1) is 18.6. The molecule has 0 saturated carbocycles. The third-order valence-corrected chi connectivity index (χ3v) is 4.00. The Bertz CT molecular complexity index is 914. The van der Waals surface area contributed by atoms with E-state index in [-0.39, 0.29) is 12.0 Å². The molecule has 3 rings (SSSR count). The van der Waals surface area contributed by atoms with Gasteiger partial charge in [-0.1, -0.05) is 25.1 Å². The normalized spacial score (nSPS) is 11.0. The van der Waals surface area contributed by atoms with Crippen molar-refractivity contribution >= 4 is 11.6 Å². The van der Waals surface area contributed by atoms with Crippen LogP contribution in [0.25, 0.3) is 5.69 Å². The number of anilines is 1. The number of hydrogen-bond acceptors (Lipinski definition) is 4. The molecule has 0 radical (unpaired) electrons. The third kappa shape index (κ3) is 4.53. The number of rotatable bonds is 6. The summed E-state index contributed by atoms with van der Waals surface area (Å²) in [5, 5.41) is 11.1. The van der Waals surface area contributed by atoms with Gasteiger partial charge in [0.05, 0.1) is 23.7 Å². The molecular weight excluding hydrogens is 340 g/mol. The Labute approximate surface area is 159 Å². The van der Waals surface area contributed by atoms with Crippen molar-refractivity contribution in [1.29, 1.82) is 0 Å². The van der Waals surface area contributed by atoms with Crippen LogP contribution in [0.3, 0.4) is 0 Å². The van der Waals surface area contributed by atoms with Crippen molar-refractivity contribution in [2.75, 3.05) is 5.32 Å². The molecule has 3 aromatic rings. The summed E-state index contributed by atoms with van der Waals surface area (Å²) < 4.78 is 7.40. The monoisotopic (exact) mass is 364 g/mol. The van der Waals surface area contributed by atoms with E-state index in [0.29, 0.717) is 17.2 Å². The Morgan fingerprint density at radius 3 is 2.48 bits per heavy atom. The lowest BCUT2D eigenvalue weighted by Gasteiger charge is -2.12. The fraction of sp³-hybridized carbons (Fsp3) is 0.286. The lowest BCUT2D eigenvalue weighted by Crippen LogP contribution is -2.13. The Morgan fingerprint density at radius 2 is 1.81 bits per heavy atom. The van der Waals surface area contributed by atoms with Crippen LogP contribution in [0.5, 0.6) is 5.75 Å². The second kappa shape index (κ2) is 8.03. The first-order chi connectivity index (χ1) is 12.9. The van der Waals surface area contributed by atoms with Crippen molar-refractivity contribution in [2.24, 2.45) is 0 Å². The Balaban J connectivity index is 1.76. The molecule has 6 nitrogen and oxygen atoms in total. The highest BCUT2D eigenvalue weighted by Gasteiger charge is 2.11. The average Bonchev–Trinajstić information content (AvgIpc) is 3.12.